The number of rotatable bonds is 4. The van der Waals surface area contributed by atoms with E-state index in [1.165, 1.54) is 5.57 Å². The zero-order valence-corrected chi connectivity index (χ0v) is 21.9. The molecule has 1 saturated carbocycles. The molecule has 1 aliphatic heterocycles. The third-order valence-corrected chi connectivity index (χ3v) is 7.53. The fraction of sp³-hybridized carbons (Fsp3) is 0.214. The molecule has 1 aliphatic carbocycles. The molecule has 2 atom stereocenters. The van der Waals surface area contributed by atoms with E-state index in [0.29, 0.717) is 5.56 Å². The van der Waals surface area contributed by atoms with Crippen molar-refractivity contribution in [1.82, 2.24) is 5.01 Å². The number of hydrogen-bond donors (Lipinski definition) is 0. The second-order valence-electron chi connectivity index (χ2n) is 8.58. The van der Waals surface area contributed by atoms with Crippen molar-refractivity contribution in [3.8, 4) is 5.75 Å². The third-order valence-electron chi connectivity index (χ3n) is 6.47. The Morgan fingerprint density at radius 1 is 0.971 bits per heavy atom. The Kier molecular flexibility index (Phi) is 6.70. The summed E-state index contributed by atoms with van der Waals surface area (Å²) >= 11 is 7.05. The molecule has 0 bridgehead atoms. The summed E-state index contributed by atoms with van der Waals surface area (Å²) in [7, 11) is 1.62. The van der Waals surface area contributed by atoms with E-state index in [1.54, 1.807) is 24.3 Å². The van der Waals surface area contributed by atoms with Crippen LogP contribution in [0.5, 0.6) is 5.75 Å². The van der Waals surface area contributed by atoms with Gasteiger partial charge in [0.05, 0.1) is 18.9 Å². The number of fused-ring (bicyclic) bond motifs is 1. The average molecular weight is 580 g/mol. The van der Waals surface area contributed by atoms with Gasteiger partial charge in [-0.05, 0) is 90.6 Å². The monoisotopic (exact) mass is 578 g/mol. The lowest BCUT2D eigenvalue weighted by Crippen LogP contribution is -2.31. The molecule has 0 aromatic heterocycles. The van der Waals surface area contributed by atoms with E-state index < -0.39 is 0 Å². The maximum Gasteiger partial charge on any atom is 0.274 e. The molecule has 0 spiro atoms. The highest BCUT2D eigenvalue weighted by atomic mass is 79.9. The molecule has 2 unspecified atom stereocenters. The molecule has 1 fully saturated rings. The first-order chi connectivity index (χ1) is 16.5. The smallest absolute Gasteiger partial charge is 0.274 e. The quantitative estimate of drug-likeness (QED) is 0.318. The number of halogens is 2. The maximum absolute atomic E-state index is 13.7. The van der Waals surface area contributed by atoms with Crippen LogP contribution in [0.3, 0.4) is 0 Å². The lowest BCUT2D eigenvalue weighted by Gasteiger charge is -2.29. The van der Waals surface area contributed by atoms with E-state index in [2.05, 4.69) is 62.2 Å². The summed E-state index contributed by atoms with van der Waals surface area (Å²) in [5.41, 5.74) is 5.08. The Morgan fingerprint density at radius 2 is 1.62 bits per heavy atom. The SMILES string of the molecule is COc1ccc(C(=O)N2N=C3/C(=C\c4ccc(Br)cc4)CCCC3C2c2ccc(Br)cc2)cc1. The molecule has 0 N–H and O–H groups in total. The Balaban J connectivity index is 1.56. The van der Waals surface area contributed by atoms with Crippen LogP contribution >= 0.6 is 31.9 Å². The van der Waals surface area contributed by atoms with Crippen molar-refractivity contribution in [3.63, 3.8) is 0 Å². The van der Waals surface area contributed by atoms with E-state index in [4.69, 9.17) is 9.84 Å². The summed E-state index contributed by atoms with van der Waals surface area (Å²) in [6, 6.07) is 23.7. The van der Waals surface area contributed by atoms with E-state index in [1.807, 2.05) is 36.4 Å². The molecule has 0 saturated heterocycles. The molecule has 6 heteroatoms. The van der Waals surface area contributed by atoms with Gasteiger partial charge < -0.3 is 4.74 Å². The summed E-state index contributed by atoms with van der Waals surface area (Å²) < 4.78 is 7.34. The minimum atomic E-state index is -0.133. The Morgan fingerprint density at radius 3 is 2.26 bits per heavy atom. The number of methoxy groups -OCH3 is 1. The fourth-order valence-corrected chi connectivity index (χ4v) is 5.32. The minimum absolute atomic E-state index is 0.0968. The Hall–Kier alpha value is -2.70. The second kappa shape index (κ2) is 9.88. The topological polar surface area (TPSA) is 41.9 Å². The number of carbonyl (C=O) groups excluding carboxylic acids is 1. The van der Waals surface area contributed by atoms with Crippen molar-refractivity contribution >= 4 is 49.6 Å². The predicted molar refractivity (Wildman–Crippen MR) is 143 cm³/mol. The van der Waals surface area contributed by atoms with Crippen LogP contribution in [0.15, 0.2) is 92.4 Å². The first kappa shape index (κ1) is 23.1. The van der Waals surface area contributed by atoms with Gasteiger partial charge in [-0.3, -0.25) is 4.79 Å². The summed E-state index contributed by atoms with van der Waals surface area (Å²) in [5, 5.41) is 6.68. The molecular weight excluding hydrogens is 556 g/mol. The summed E-state index contributed by atoms with van der Waals surface area (Å²) in [6.07, 6.45) is 5.26. The molecule has 1 heterocycles. The van der Waals surface area contributed by atoms with E-state index in [9.17, 15) is 4.79 Å². The lowest BCUT2D eigenvalue weighted by molar-refractivity contribution is 0.0681. The van der Waals surface area contributed by atoms with Gasteiger partial charge in [0.25, 0.3) is 5.91 Å². The van der Waals surface area contributed by atoms with Gasteiger partial charge in [0, 0.05) is 20.4 Å². The molecule has 3 aromatic carbocycles. The second-order valence-corrected chi connectivity index (χ2v) is 10.4. The number of nitrogens with zero attached hydrogens (tertiary/aromatic N) is 2. The first-order valence-corrected chi connectivity index (χ1v) is 12.9. The minimum Gasteiger partial charge on any atom is -0.497 e. The highest BCUT2D eigenvalue weighted by molar-refractivity contribution is 9.10. The van der Waals surface area contributed by atoms with Gasteiger partial charge in [-0.25, -0.2) is 5.01 Å². The van der Waals surface area contributed by atoms with Crippen molar-refractivity contribution in [2.24, 2.45) is 11.0 Å². The van der Waals surface area contributed by atoms with Crippen LogP contribution in [0.4, 0.5) is 0 Å². The molecule has 2 aliphatic rings. The molecule has 5 rings (SSSR count). The van der Waals surface area contributed by atoms with Crippen LogP contribution in [-0.2, 0) is 0 Å². The van der Waals surface area contributed by atoms with Crippen molar-refractivity contribution in [3.05, 3.63) is 104 Å². The number of amides is 1. The third kappa shape index (κ3) is 4.62. The number of benzene rings is 3. The number of allylic oxidation sites excluding steroid dienone is 1. The largest absolute Gasteiger partial charge is 0.497 e. The zero-order chi connectivity index (χ0) is 23.7. The molecule has 3 aromatic rings. The van der Waals surface area contributed by atoms with Crippen LogP contribution in [0, 0.1) is 5.92 Å². The zero-order valence-electron chi connectivity index (χ0n) is 18.7. The molecule has 4 nitrogen and oxygen atoms in total. The standard InChI is InChI=1S/C28H24Br2N2O2/c1-34-24-15-9-20(10-16-24)28(33)32-27(19-7-13-23(30)14-8-19)25-4-2-3-21(26(25)31-32)17-18-5-11-22(29)12-6-18/h5-17,25,27H,2-4H2,1H3/b21-17-. The van der Waals surface area contributed by atoms with Gasteiger partial charge in [-0.2, -0.15) is 5.10 Å². The molecule has 1 amide bonds. The normalized spacial score (nSPS) is 20.7. The Bertz CT molecular complexity index is 1250. The van der Waals surface area contributed by atoms with Crippen LogP contribution in [0.1, 0.15) is 46.8 Å². The fourth-order valence-electron chi connectivity index (χ4n) is 4.79. The average Bonchev–Trinajstić information content (AvgIpc) is 3.26. The molecule has 172 valence electrons. The summed E-state index contributed by atoms with van der Waals surface area (Å²) in [5.74, 6) is 0.793. The lowest BCUT2D eigenvalue weighted by atomic mass is 9.77. The number of carbonyl (C=O) groups is 1. The number of hydrogen-bond acceptors (Lipinski definition) is 3. The van der Waals surface area contributed by atoms with Crippen LogP contribution in [0.25, 0.3) is 6.08 Å². The van der Waals surface area contributed by atoms with E-state index >= 15 is 0 Å². The van der Waals surface area contributed by atoms with Gasteiger partial charge in [0.15, 0.2) is 0 Å². The van der Waals surface area contributed by atoms with Gasteiger partial charge in [0.1, 0.15) is 5.75 Å². The first-order valence-electron chi connectivity index (χ1n) is 11.3. The highest BCUT2D eigenvalue weighted by Gasteiger charge is 2.43. The molecule has 0 radical (unpaired) electrons. The van der Waals surface area contributed by atoms with Crippen LogP contribution in [0.2, 0.25) is 0 Å². The van der Waals surface area contributed by atoms with Gasteiger partial charge >= 0.3 is 0 Å². The predicted octanol–water partition coefficient (Wildman–Crippen LogP) is 7.66. The van der Waals surface area contributed by atoms with Gasteiger partial charge in [-0.15, -0.1) is 0 Å². The highest BCUT2D eigenvalue weighted by Crippen LogP contribution is 2.45. The van der Waals surface area contributed by atoms with Crippen LogP contribution < -0.4 is 4.74 Å². The van der Waals surface area contributed by atoms with E-state index in [0.717, 1.165) is 50.8 Å². The maximum atomic E-state index is 13.7. The van der Waals surface area contributed by atoms with Gasteiger partial charge in [0.2, 0.25) is 0 Å². The summed E-state index contributed by atoms with van der Waals surface area (Å²) in [4.78, 5) is 13.7. The van der Waals surface area contributed by atoms with Crippen LogP contribution in [-0.4, -0.2) is 23.7 Å². The summed E-state index contributed by atoms with van der Waals surface area (Å²) in [6.45, 7) is 0. The Labute approximate surface area is 216 Å². The van der Waals surface area contributed by atoms with Crippen molar-refractivity contribution in [2.75, 3.05) is 7.11 Å². The number of hydrazone groups is 1. The van der Waals surface area contributed by atoms with Crippen molar-refractivity contribution in [2.45, 2.75) is 25.3 Å². The van der Waals surface area contributed by atoms with Crippen molar-refractivity contribution in [1.29, 1.82) is 0 Å². The molecule has 34 heavy (non-hydrogen) atoms. The molecular formula is C28H24Br2N2O2. The van der Waals surface area contributed by atoms with E-state index in [-0.39, 0.29) is 17.9 Å². The van der Waals surface area contributed by atoms with Crippen molar-refractivity contribution < 1.29 is 9.53 Å². The number of ether oxygens (including phenoxy) is 1. The van der Waals surface area contributed by atoms with Gasteiger partial charge in [-0.1, -0.05) is 56.1 Å².